The summed E-state index contributed by atoms with van der Waals surface area (Å²) in [6.07, 6.45) is 7.48. The van der Waals surface area contributed by atoms with Crippen molar-refractivity contribution in [2.75, 3.05) is 0 Å². The Bertz CT molecular complexity index is 913. The predicted molar refractivity (Wildman–Crippen MR) is 104 cm³/mol. The topological polar surface area (TPSA) is 43.1 Å². The van der Waals surface area contributed by atoms with E-state index in [0.717, 1.165) is 16.7 Å². The molecule has 0 aliphatic rings. The quantitative estimate of drug-likeness (QED) is 0.331. The van der Waals surface area contributed by atoms with Gasteiger partial charge in [-0.25, -0.2) is 0 Å². The lowest BCUT2D eigenvalue weighted by Gasteiger charge is -2.00. The highest BCUT2D eigenvalue weighted by atomic mass is 16.6. The summed E-state index contributed by atoms with van der Waals surface area (Å²) in [4.78, 5) is 11.1. The summed E-state index contributed by atoms with van der Waals surface area (Å²) in [7, 11) is 0. The fourth-order valence-corrected chi connectivity index (χ4v) is 2.47. The van der Waals surface area contributed by atoms with Crippen LogP contribution in [0.2, 0.25) is 0 Å². The van der Waals surface area contributed by atoms with E-state index < -0.39 is 0 Å². The van der Waals surface area contributed by atoms with Crippen LogP contribution in [0.15, 0.2) is 78.9 Å². The van der Waals surface area contributed by atoms with Crippen LogP contribution in [0.1, 0.15) is 22.3 Å². The molecule has 3 heteroatoms. The Labute approximate surface area is 146 Å². The number of hydrogen-bond donors (Lipinski definition) is 0. The molecule has 0 spiro atoms. The van der Waals surface area contributed by atoms with Gasteiger partial charge >= 0.3 is 0 Å². The number of nitro benzene ring substituents is 1. The third-order valence-corrected chi connectivity index (χ3v) is 3.77. The van der Waals surface area contributed by atoms with Crippen LogP contribution in [0.25, 0.3) is 24.3 Å². The zero-order valence-corrected chi connectivity index (χ0v) is 13.6. The molecule has 0 atom stereocenters. The molecule has 0 radical (unpaired) electrons. The van der Waals surface area contributed by atoms with E-state index >= 15 is 0 Å². The molecule has 0 aromatic heterocycles. The maximum Gasteiger partial charge on any atom is 0.277 e. The van der Waals surface area contributed by atoms with Gasteiger partial charge in [0, 0.05) is 6.07 Å². The highest BCUT2D eigenvalue weighted by Crippen LogP contribution is 2.24. The van der Waals surface area contributed by atoms with Crippen LogP contribution < -0.4 is 0 Å². The molecule has 3 nitrogen and oxygen atoms in total. The Hall–Kier alpha value is -3.46. The van der Waals surface area contributed by atoms with Crippen LogP contribution in [0.5, 0.6) is 0 Å². The number of rotatable bonds is 5. The molecule has 3 aromatic rings. The Morgan fingerprint density at radius 2 is 1.16 bits per heavy atom. The SMILES string of the molecule is O=[N+]([O-])c1cc(C=Cc2ccccc2)ccc1C=Cc1ccccc1. The van der Waals surface area contributed by atoms with E-state index in [1.54, 1.807) is 18.2 Å². The Morgan fingerprint density at radius 1 is 0.640 bits per heavy atom. The number of benzene rings is 3. The van der Waals surface area contributed by atoms with Gasteiger partial charge in [0.2, 0.25) is 0 Å². The maximum absolute atomic E-state index is 11.4. The van der Waals surface area contributed by atoms with Crippen LogP contribution in [-0.2, 0) is 0 Å². The van der Waals surface area contributed by atoms with Crippen molar-refractivity contribution in [2.45, 2.75) is 0 Å². The summed E-state index contributed by atoms with van der Waals surface area (Å²) in [5.41, 5.74) is 3.54. The normalized spacial score (nSPS) is 11.2. The van der Waals surface area contributed by atoms with Gasteiger partial charge in [-0.15, -0.1) is 0 Å². The lowest BCUT2D eigenvalue weighted by atomic mass is 10.1. The zero-order chi connectivity index (χ0) is 17.5. The van der Waals surface area contributed by atoms with E-state index in [0.29, 0.717) is 5.56 Å². The molecule has 0 saturated heterocycles. The third kappa shape index (κ3) is 4.52. The lowest BCUT2D eigenvalue weighted by molar-refractivity contribution is -0.385. The maximum atomic E-state index is 11.4. The minimum absolute atomic E-state index is 0.0994. The molecule has 0 bridgehead atoms. The summed E-state index contributed by atoms with van der Waals surface area (Å²) in [6, 6.07) is 24.8. The molecule has 0 N–H and O–H groups in total. The van der Waals surface area contributed by atoms with Crippen molar-refractivity contribution in [3.8, 4) is 0 Å². The van der Waals surface area contributed by atoms with E-state index in [4.69, 9.17) is 0 Å². The smallest absolute Gasteiger partial charge is 0.258 e. The van der Waals surface area contributed by atoms with Gasteiger partial charge in [0.15, 0.2) is 0 Å². The summed E-state index contributed by atoms with van der Waals surface area (Å²) >= 11 is 0. The van der Waals surface area contributed by atoms with Gasteiger partial charge in [-0.3, -0.25) is 10.1 Å². The van der Waals surface area contributed by atoms with Crippen molar-refractivity contribution in [2.24, 2.45) is 0 Å². The lowest BCUT2D eigenvalue weighted by Crippen LogP contribution is -1.92. The average molecular weight is 327 g/mol. The van der Waals surface area contributed by atoms with Crippen molar-refractivity contribution in [1.82, 2.24) is 0 Å². The molecular weight excluding hydrogens is 310 g/mol. The highest BCUT2D eigenvalue weighted by molar-refractivity contribution is 5.77. The van der Waals surface area contributed by atoms with Crippen LogP contribution in [0, 0.1) is 10.1 Å². The second-order valence-corrected chi connectivity index (χ2v) is 5.56. The Balaban J connectivity index is 1.87. The van der Waals surface area contributed by atoms with E-state index in [-0.39, 0.29) is 10.6 Å². The Morgan fingerprint density at radius 3 is 1.72 bits per heavy atom. The summed E-state index contributed by atoms with van der Waals surface area (Å²) in [6.45, 7) is 0. The predicted octanol–water partition coefficient (Wildman–Crippen LogP) is 5.94. The molecular formula is C22H17NO2. The minimum Gasteiger partial charge on any atom is -0.258 e. The Kier molecular flexibility index (Phi) is 5.17. The van der Waals surface area contributed by atoms with E-state index in [1.807, 2.05) is 85.0 Å². The van der Waals surface area contributed by atoms with Crippen LogP contribution in [0.3, 0.4) is 0 Å². The van der Waals surface area contributed by atoms with Crippen LogP contribution >= 0.6 is 0 Å². The van der Waals surface area contributed by atoms with Crippen molar-refractivity contribution < 1.29 is 4.92 Å². The third-order valence-electron chi connectivity index (χ3n) is 3.77. The molecule has 0 unspecified atom stereocenters. The van der Waals surface area contributed by atoms with Gasteiger partial charge in [-0.05, 0) is 28.8 Å². The zero-order valence-electron chi connectivity index (χ0n) is 13.6. The molecule has 25 heavy (non-hydrogen) atoms. The molecule has 0 saturated carbocycles. The molecule has 0 aliphatic heterocycles. The summed E-state index contributed by atoms with van der Waals surface area (Å²) < 4.78 is 0. The van der Waals surface area contributed by atoms with Gasteiger partial charge in [0.05, 0.1) is 10.5 Å². The second-order valence-electron chi connectivity index (χ2n) is 5.56. The fraction of sp³-hybridized carbons (Fsp3) is 0. The largest absolute Gasteiger partial charge is 0.277 e. The first-order chi connectivity index (χ1) is 12.2. The van der Waals surface area contributed by atoms with Crippen LogP contribution in [0.4, 0.5) is 5.69 Å². The van der Waals surface area contributed by atoms with Gasteiger partial charge in [-0.1, -0.05) is 85.0 Å². The number of nitro groups is 1. The van der Waals surface area contributed by atoms with Crippen molar-refractivity contribution in [3.63, 3.8) is 0 Å². The molecule has 0 aliphatic carbocycles. The molecule has 0 amide bonds. The summed E-state index contributed by atoms with van der Waals surface area (Å²) in [5, 5.41) is 11.4. The van der Waals surface area contributed by atoms with Gasteiger partial charge in [0.1, 0.15) is 0 Å². The van der Waals surface area contributed by atoms with Gasteiger partial charge in [-0.2, -0.15) is 0 Å². The molecule has 0 fully saturated rings. The van der Waals surface area contributed by atoms with E-state index in [1.165, 1.54) is 0 Å². The average Bonchev–Trinajstić information content (AvgIpc) is 2.66. The monoisotopic (exact) mass is 327 g/mol. The van der Waals surface area contributed by atoms with Crippen LogP contribution in [-0.4, -0.2) is 4.92 Å². The molecule has 3 aromatic carbocycles. The molecule has 0 heterocycles. The molecule has 3 rings (SSSR count). The first-order valence-corrected chi connectivity index (χ1v) is 7.97. The van der Waals surface area contributed by atoms with Crippen molar-refractivity contribution in [3.05, 3.63) is 111 Å². The molecule has 122 valence electrons. The highest BCUT2D eigenvalue weighted by Gasteiger charge is 2.11. The fourth-order valence-electron chi connectivity index (χ4n) is 2.47. The summed E-state index contributed by atoms with van der Waals surface area (Å²) in [5.74, 6) is 0. The second kappa shape index (κ2) is 7.88. The van der Waals surface area contributed by atoms with Gasteiger partial charge in [0.25, 0.3) is 5.69 Å². The number of hydrogen-bond acceptors (Lipinski definition) is 2. The van der Waals surface area contributed by atoms with E-state index in [9.17, 15) is 10.1 Å². The first-order valence-electron chi connectivity index (χ1n) is 7.97. The van der Waals surface area contributed by atoms with Crippen molar-refractivity contribution >= 4 is 30.0 Å². The van der Waals surface area contributed by atoms with Gasteiger partial charge < -0.3 is 0 Å². The number of nitrogens with zero attached hydrogens (tertiary/aromatic N) is 1. The first kappa shape index (κ1) is 16.4. The standard InChI is InChI=1S/C22H17NO2/c24-23(25)22-17-20(12-11-18-7-3-1-4-8-18)14-16-21(22)15-13-19-9-5-2-6-10-19/h1-17H. The van der Waals surface area contributed by atoms with E-state index in [2.05, 4.69) is 0 Å². The van der Waals surface area contributed by atoms with Crippen molar-refractivity contribution in [1.29, 1.82) is 0 Å². The minimum atomic E-state index is -0.343.